The molecule has 55 heavy (non-hydrogen) atoms. The Hall–Kier alpha value is -6.68. The quantitative estimate of drug-likeness (QED) is 0.0804. The summed E-state index contributed by atoms with van der Waals surface area (Å²) in [5.41, 5.74) is 1.31. The van der Waals surface area contributed by atoms with Crippen molar-refractivity contribution < 1.29 is 46.0 Å². The lowest BCUT2D eigenvalue weighted by atomic mass is 9.81. The second-order valence-electron chi connectivity index (χ2n) is 16.1. The van der Waals surface area contributed by atoms with Crippen LogP contribution in [-0.2, 0) is 16.2 Å². The number of fused-ring (bicyclic) bond motifs is 7. The van der Waals surface area contributed by atoms with Crippen molar-refractivity contribution in [2.45, 2.75) is 57.8 Å². The summed E-state index contributed by atoms with van der Waals surface area (Å²) in [4.78, 5) is 1.22. The molecule has 0 atom stereocenters. The molecule has 0 amide bonds. The van der Waals surface area contributed by atoms with Crippen molar-refractivity contribution in [3.05, 3.63) is 113 Å². The minimum Gasteiger partial charge on any atom is -0.508 e. The van der Waals surface area contributed by atoms with Gasteiger partial charge in [-0.05, 0) is 57.2 Å². The first-order valence-electron chi connectivity index (χ1n) is 17.7. The molecule has 5 aromatic rings. The molecule has 9 N–H and O–H groups in total. The molecule has 0 aliphatic heterocycles. The van der Waals surface area contributed by atoms with Gasteiger partial charge < -0.3 is 46.0 Å². The van der Waals surface area contributed by atoms with E-state index in [0.29, 0.717) is 39.0 Å². The van der Waals surface area contributed by atoms with Crippen LogP contribution in [0.25, 0.3) is 27.8 Å². The Morgan fingerprint density at radius 3 is 1.85 bits per heavy atom. The molecule has 280 valence electrons. The molecule has 10 heteroatoms. The molecule has 0 radical (unpaired) electrons. The summed E-state index contributed by atoms with van der Waals surface area (Å²) in [5.74, 6) is -5.50. The third-order valence-corrected chi connectivity index (χ3v) is 12.0. The van der Waals surface area contributed by atoms with Gasteiger partial charge in [0.1, 0.15) is 22.9 Å². The van der Waals surface area contributed by atoms with E-state index in [1.165, 1.54) is 23.1 Å². The summed E-state index contributed by atoms with van der Waals surface area (Å²) in [6.07, 6.45) is 3.23. The van der Waals surface area contributed by atoms with E-state index in [1.807, 2.05) is 38.1 Å². The van der Waals surface area contributed by atoms with Crippen LogP contribution in [0.5, 0.6) is 51.7 Å². The molecular formula is C45H41NO9. The first-order valence-corrected chi connectivity index (χ1v) is 17.7. The highest BCUT2D eigenvalue weighted by Gasteiger charge is 2.49. The fourth-order valence-corrected chi connectivity index (χ4v) is 9.44. The zero-order chi connectivity index (χ0) is 40.0. The average Bonchev–Trinajstić information content (AvgIpc) is 3.57. The SMILES string of the molecule is C=C/C=C1\C(=C)c2c(N(c3cc4c(c(O)c3O)-c3ccccc3C4(C)C)c3c(O)c(O)cc4c3-c3cc(O)cc(O)c3C4(C)C)c(O)c(O)c(O)c2C1(C)C. The van der Waals surface area contributed by atoms with Crippen LogP contribution in [0.2, 0.25) is 0 Å². The van der Waals surface area contributed by atoms with Crippen molar-refractivity contribution in [3.63, 3.8) is 0 Å². The van der Waals surface area contributed by atoms with E-state index in [2.05, 4.69) is 13.2 Å². The molecule has 0 bridgehead atoms. The van der Waals surface area contributed by atoms with Gasteiger partial charge in [-0.2, -0.15) is 0 Å². The Bertz CT molecular complexity index is 2660. The van der Waals surface area contributed by atoms with Crippen LogP contribution in [0.15, 0.2) is 79.4 Å². The standard InChI is InChI=1S/C45H41NO9/c1-9-12-23-19(2)30-34(44(23,5)6)40(53)42(55)41(54)35(30)46(27-17-25-32(39(52)37(27)50)21-13-10-11-14-24(21)43(25,3)4)36-31-22-15-20(47)16-28(48)33(22)45(7,8)26(31)18-29(49)38(36)51/h9-18,47-55H,1-2H2,3-8H3/b23-12+. The normalized spacial score (nSPS) is 17.1. The van der Waals surface area contributed by atoms with Gasteiger partial charge in [-0.3, -0.25) is 4.90 Å². The van der Waals surface area contributed by atoms with E-state index >= 15 is 0 Å². The van der Waals surface area contributed by atoms with E-state index in [0.717, 1.165) is 5.56 Å². The van der Waals surface area contributed by atoms with Crippen LogP contribution >= 0.6 is 0 Å². The van der Waals surface area contributed by atoms with Crippen LogP contribution in [0.4, 0.5) is 17.1 Å². The fourth-order valence-electron chi connectivity index (χ4n) is 9.44. The van der Waals surface area contributed by atoms with E-state index in [-0.39, 0.29) is 50.8 Å². The van der Waals surface area contributed by atoms with Crippen molar-refractivity contribution >= 4 is 22.6 Å². The Morgan fingerprint density at radius 2 is 1.18 bits per heavy atom. The number of anilines is 3. The third-order valence-electron chi connectivity index (χ3n) is 12.0. The Morgan fingerprint density at radius 1 is 0.545 bits per heavy atom. The smallest absolute Gasteiger partial charge is 0.202 e. The number of hydrogen-bond acceptors (Lipinski definition) is 10. The summed E-state index contributed by atoms with van der Waals surface area (Å²) in [6, 6.07) is 13.0. The van der Waals surface area contributed by atoms with Gasteiger partial charge in [0.15, 0.2) is 34.5 Å². The van der Waals surface area contributed by atoms with Crippen molar-refractivity contribution in [1.29, 1.82) is 0 Å². The Labute approximate surface area is 317 Å². The van der Waals surface area contributed by atoms with Crippen LogP contribution in [0, 0.1) is 0 Å². The third kappa shape index (κ3) is 4.24. The van der Waals surface area contributed by atoms with Gasteiger partial charge >= 0.3 is 0 Å². The number of phenolic OH excluding ortho intramolecular Hbond substituents is 9. The molecule has 0 heterocycles. The highest BCUT2D eigenvalue weighted by molar-refractivity contribution is 6.08. The maximum absolute atomic E-state index is 12.3. The van der Waals surface area contributed by atoms with Crippen LogP contribution in [0.3, 0.4) is 0 Å². The zero-order valence-corrected chi connectivity index (χ0v) is 31.2. The Kier molecular flexibility index (Phi) is 7.03. The van der Waals surface area contributed by atoms with E-state index in [4.69, 9.17) is 0 Å². The molecule has 3 aliphatic rings. The van der Waals surface area contributed by atoms with Gasteiger partial charge in [-0.25, -0.2) is 0 Å². The molecule has 5 aromatic carbocycles. The summed E-state index contributed by atoms with van der Waals surface area (Å²) in [7, 11) is 0. The number of nitrogens with zero attached hydrogens (tertiary/aromatic N) is 1. The number of allylic oxidation sites excluding steroid dienone is 4. The molecule has 3 aliphatic carbocycles. The van der Waals surface area contributed by atoms with Crippen LogP contribution in [0.1, 0.15) is 74.9 Å². The van der Waals surface area contributed by atoms with Gasteiger partial charge in [0.05, 0.1) is 5.69 Å². The van der Waals surface area contributed by atoms with Gasteiger partial charge in [-0.1, -0.05) is 91.1 Å². The number of rotatable bonds is 4. The van der Waals surface area contributed by atoms with Gasteiger partial charge in [0, 0.05) is 50.1 Å². The van der Waals surface area contributed by atoms with Crippen molar-refractivity contribution in [3.8, 4) is 74.0 Å². The van der Waals surface area contributed by atoms with E-state index < -0.39 is 56.5 Å². The molecule has 0 unspecified atom stereocenters. The number of hydrogen-bond donors (Lipinski definition) is 9. The molecular weight excluding hydrogens is 698 g/mol. The van der Waals surface area contributed by atoms with Crippen molar-refractivity contribution in [2.24, 2.45) is 0 Å². The van der Waals surface area contributed by atoms with Gasteiger partial charge in [0.25, 0.3) is 0 Å². The van der Waals surface area contributed by atoms with Crippen LogP contribution < -0.4 is 4.90 Å². The molecule has 8 rings (SSSR count). The topological polar surface area (TPSA) is 185 Å². The Balaban J connectivity index is 1.61. The second kappa shape index (κ2) is 10.9. The second-order valence-corrected chi connectivity index (χ2v) is 16.1. The van der Waals surface area contributed by atoms with Gasteiger partial charge in [0.2, 0.25) is 5.75 Å². The minimum absolute atomic E-state index is 0.126. The molecule has 0 fully saturated rings. The molecule has 0 saturated heterocycles. The van der Waals surface area contributed by atoms with Gasteiger partial charge in [-0.15, -0.1) is 0 Å². The lowest BCUT2D eigenvalue weighted by Crippen LogP contribution is -2.19. The lowest BCUT2D eigenvalue weighted by Gasteiger charge is -2.34. The van der Waals surface area contributed by atoms with Crippen molar-refractivity contribution in [2.75, 3.05) is 4.90 Å². The highest BCUT2D eigenvalue weighted by atomic mass is 16.3. The van der Waals surface area contributed by atoms with E-state index in [1.54, 1.807) is 45.9 Å². The first kappa shape index (κ1) is 35.4. The number of phenols is 9. The number of benzene rings is 5. The van der Waals surface area contributed by atoms with E-state index in [9.17, 15) is 46.0 Å². The first-order chi connectivity index (χ1) is 25.7. The van der Waals surface area contributed by atoms with Crippen LogP contribution in [-0.4, -0.2) is 46.0 Å². The predicted octanol–water partition coefficient (Wildman–Crippen LogP) is 9.54. The molecule has 10 nitrogen and oxygen atoms in total. The largest absolute Gasteiger partial charge is 0.508 e. The molecule has 0 saturated carbocycles. The molecule has 0 aromatic heterocycles. The minimum atomic E-state index is -1.05. The highest BCUT2D eigenvalue weighted by Crippen LogP contribution is 2.68. The monoisotopic (exact) mass is 739 g/mol. The predicted molar refractivity (Wildman–Crippen MR) is 212 cm³/mol. The fraction of sp³-hybridized carbons (Fsp3) is 0.200. The summed E-state index contributed by atoms with van der Waals surface area (Å²) in [6.45, 7) is 19.2. The number of aromatic hydroxyl groups is 9. The lowest BCUT2D eigenvalue weighted by molar-refractivity contribution is 0.362. The summed E-state index contributed by atoms with van der Waals surface area (Å²) >= 11 is 0. The van der Waals surface area contributed by atoms with Crippen molar-refractivity contribution in [1.82, 2.24) is 0 Å². The maximum Gasteiger partial charge on any atom is 0.202 e. The zero-order valence-electron chi connectivity index (χ0n) is 31.2. The summed E-state index contributed by atoms with van der Waals surface area (Å²) < 4.78 is 0. The summed E-state index contributed by atoms with van der Waals surface area (Å²) in [5, 5.41) is 105. The molecule has 0 spiro atoms. The maximum atomic E-state index is 12.3. The average molecular weight is 740 g/mol.